The van der Waals surface area contributed by atoms with Crippen molar-refractivity contribution in [2.45, 2.75) is 6.92 Å². The first kappa shape index (κ1) is 25.6. The predicted molar refractivity (Wildman–Crippen MR) is 142 cm³/mol. The summed E-state index contributed by atoms with van der Waals surface area (Å²) in [6.07, 6.45) is 0. The summed E-state index contributed by atoms with van der Waals surface area (Å²) in [6.45, 7) is 4.94. The first-order valence-corrected chi connectivity index (χ1v) is 13.1. The van der Waals surface area contributed by atoms with E-state index < -0.39 is 5.91 Å². The zero-order chi connectivity index (χ0) is 25.1. The smallest absolute Gasteiger partial charge is 0.281 e. The zero-order valence-electron chi connectivity index (χ0n) is 19.0. The molecule has 1 aliphatic heterocycles. The number of rotatable bonds is 6. The van der Waals surface area contributed by atoms with E-state index in [2.05, 4.69) is 20.9 Å². The van der Waals surface area contributed by atoms with Gasteiger partial charge in [-0.2, -0.15) is 5.10 Å². The summed E-state index contributed by atoms with van der Waals surface area (Å²) in [5, 5.41) is 19.3. The molecule has 8 nitrogen and oxygen atoms in total. The van der Waals surface area contributed by atoms with Gasteiger partial charge in [-0.1, -0.05) is 29.3 Å². The van der Waals surface area contributed by atoms with Gasteiger partial charge in [0.15, 0.2) is 0 Å². The number of nitrogens with one attached hydrogen (secondary N) is 2. The van der Waals surface area contributed by atoms with Crippen molar-refractivity contribution in [1.82, 2.24) is 20.8 Å². The van der Waals surface area contributed by atoms with Crippen molar-refractivity contribution in [3.8, 4) is 16.2 Å². The molecule has 35 heavy (non-hydrogen) atoms. The van der Waals surface area contributed by atoms with Crippen LogP contribution >= 0.6 is 45.9 Å². The highest BCUT2D eigenvalue weighted by Crippen LogP contribution is 2.40. The van der Waals surface area contributed by atoms with E-state index >= 15 is 0 Å². The fourth-order valence-electron chi connectivity index (χ4n) is 3.40. The van der Waals surface area contributed by atoms with Crippen LogP contribution in [-0.2, 0) is 0 Å². The molecule has 3 aromatic rings. The average Bonchev–Trinajstić information content (AvgIpc) is 3.48. The third-order valence-electron chi connectivity index (χ3n) is 5.48. The third kappa shape index (κ3) is 6.03. The number of amides is 2. The Kier molecular flexibility index (Phi) is 8.10. The van der Waals surface area contributed by atoms with Gasteiger partial charge >= 0.3 is 0 Å². The van der Waals surface area contributed by atoms with Crippen LogP contribution in [0.15, 0.2) is 40.8 Å². The molecular formula is C23H23Cl2N5O3S2. The molecule has 2 amide bonds. The van der Waals surface area contributed by atoms with Crippen molar-refractivity contribution < 1.29 is 14.7 Å². The first-order valence-electron chi connectivity index (χ1n) is 10.7. The van der Waals surface area contributed by atoms with Crippen LogP contribution in [0.25, 0.3) is 10.4 Å². The molecule has 1 saturated heterocycles. The van der Waals surface area contributed by atoms with Crippen LogP contribution in [0, 0.1) is 0 Å². The SMILES string of the molecule is C/C(=N\NC(=O)c1ccc(C(=O)NN2CCN(C)CC2)s1)c1csc(-c2ccc(Cl)c(Cl)c2)c1O. The van der Waals surface area contributed by atoms with E-state index in [1.165, 1.54) is 11.3 Å². The maximum absolute atomic E-state index is 12.6. The minimum absolute atomic E-state index is 0.0443. The molecule has 3 heterocycles. The Balaban J connectivity index is 1.39. The van der Waals surface area contributed by atoms with E-state index in [0.29, 0.717) is 36.0 Å². The molecule has 0 spiro atoms. The molecule has 1 fully saturated rings. The highest BCUT2D eigenvalue weighted by atomic mass is 35.5. The highest BCUT2D eigenvalue weighted by molar-refractivity contribution is 7.16. The van der Waals surface area contributed by atoms with Crippen LogP contribution in [0.3, 0.4) is 0 Å². The molecule has 0 atom stereocenters. The average molecular weight is 553 g/mol. The van der Waals surface area contributed by atoms with Crippen LogP contribution in [-0.4, -0.2) is 65.8 Å². The van der Waals surface area contributed by atoms with Gasteiger partial charge in [-0.3, -0.25) is 15.0 Å². The molecule has 12 heteroatoms. The summed E-state index contributed by atoms with van der Waals surface area (Å²) in [5.74, 6) is -0.633. The number of likely N-dealkylation sites (N-methyl/N-ethyl adjacent to an activating group) is 1. The normalized spacial score (nSPS) is 15.3. The minimum Gasteiger partial charge on any atom is -0.506 e. The highest BCUT2D eigenvalue weighted by Gasteiger charge is 2.20. The summed E-state index contributed by atoms with van der Waals surface area (Å²) in [5.41, 5.74) is 7.04. The summed E-state index contributed by atoms with van der Waals surface area (Å²) in [6, 6.07) is 8.33. The molecular weight excluding hydrogens is 529 g/mol. The van der Waals surface area contributed by atoms with Crippen LogP contribution < -0.4 is 10.9 Å². The Morgan fingerprint density at radius 3 is 2.40 bits per heavy atom. The second-order valence-corrected chi connectivity index (χ2v) is 10.8. The lowest BCUT2D eigenvalue weighted by Gasteiger charge is -2.32. The van der Waals surface area contributed by atoms with Crippen molar-refractivity contribution in [2.24, 2.45) is 5.10 Å². The van der Waals surface area contributed by atoms with Crippen LogP contribution in [0.5, 0.6) is 5.75 Å². The lowest BCUT2D eigenvalue weighted by atomic mass is 10.1. The summed E-state index contributed by atoms with van der Waals surface area (Å²) < 4.78 is 0. The molecule has 0 aliphatic carbocycles. The third-order valence-corrected chi connectivity index (χ3v) is 8.32. The summed E-state index contributed by atoms with van der Waals surface area (Å²) in [4.78, 5) is 28.7. The maximum atomic E-state index is 12.6. The van der Waals surface area contributed by atoms with Crippen molar-refractivity contribution >= 4 is 63.4 Å². The number of carbonyl (C=O) groups is 2. The molecule has 2 aromatic heterocycles. The zero-order valence-corrected chi connectivity index (χ0v) is 22.1. The van der Waals surface area contributed by atoms with Gasteiger partial charge in [0, 0.05) is 31.6 Å². The Morgan fingerprint density at radius 2 is 1.71 bits per heavy atom. The number of hydrazine groups is 1. The van der Waals surface area contributed by atoms with E-state index in [1.54, 1.807) is 42.6 Å². The first-order chi connectivity index (χ1) is 16.7. The van der Waals surface area contributed by atoms with E-state index in [-0.39, 0.29) is 11.7 Å². The summed E-state index contributed by atoms with van der Waals surface area (Å²) >= 11 is 14.5. The van der Waals surface area contributed by atoms with Crippen molar-refractivity contribution in [3.63, 3.8) is 0 Å². The second-order valence-electron chi connectivity index (χ2n) is 7.99. The van der Waals surface area contributed by atoms with Gasteiger partial charge in [-0.05, 0) is 43.8 Å². The molecule has 3 N–H and O–H groups in total. The number of halogens is 2. The van der Waals surface area contributed by atoms with Crippen LogP contribution in [0.4, 0.5) is 0 Å². The number of thiophene rings is 2. The number of piperazine rings is 1. The van der Waals surface area contributed by atoms with E-state index in [1.807, 2.05) is 12.1 Å². The molecule has 0 saturated carbocycles. The molecule has 0 unspecified atom stereocenters. The Hall–Kier alpha value is -2.47. The van der Waals surface area contributed by atoms with Gasteiger partial charge in [-0.25, -0.2) is 10.4 Å². The molecule has 1 aromatic carbocycles. The number of aromatic hydroxyl groups is 1. The van der Waals surface area contributed by atoms with Gasteiger partial charge in [0.05, 0.1) is 36.0 Å². The van der Waals surface area contributed by atoms with Crippen molar-refractivity contribution in [3.05, 3.63) is 61.1 Å². The number of benzene rings is 1. The second kappa shape index (κ2) is 11.1. The molecule has 0 radical (unpaired) electrons. The number of hydrazone groups is 1. The summed E-state index contributed by atoms with van der Waals surface area (Å²) in [7, 11) is 2.04. The fraction of sp³-hybridized carbons (Fsp3) is 0.261. The Bertz CT molecular complexity index is 1280. The van der Waals surface area contributed by atoms with Gasteiger partial charge in [0.1, 0.15) is 5.75 Å². The fourth-order valence-corrected chi connectivity index (χ4v) is 5.49. The molecule has 184 valence electrons. The molecule has 4 rings (SSSR count). The minimum atomic E-state index is -0.438. The van der Waals surface area contributed by atoms with Gasteiger partial charge in [-0.15, -0.1) is 22.7 Å². The quantitative estimate of drug-likeness (QED) is 0.308. The predicted octanol–water partition coefficient (Wildman–Crippen LogP) is 4.54. The monoisotopic (exact) mass is 551 g/mol. The number of nitrogens with zero attached hydrogens (tertiary/aromatic N) is 3. The van der Waals surface area contributed by atoms with Crippen molar-refractivity contribution in [2.75, 3.05) is 33.2 Å². The number of hydrogen-bond acceptors (Lipinski definition) is 8. The topological polar surface area (TPSA) is 97.3 Å². The lowest BCUT2D eigenvalue weighted by Crippen LogP contribution is -2.52. The lowest BCUT2D eigenvalue weighted by molar-refractivity contribution is 0.0666. The van der Waals surface area contributed by atoms with Gasteiger partial charge in [0.2, 0.25) is 0 Å². The number of hydrogen-bond donors (Lipinski definition) is 3. The largest absolute Gasteiger partial charge is 0.506 e. The van der Waals surface area contributed by atoms with Crippen molar-refractivity contribution in [1.29, 1.82) is 0 Å². The van der Waals surface area contributed by atoms with Gasteiger partial charge in [0.25, 0.3) is 11.8 Å². The molecule has 0 bridgehead atoms. The number of carbonyl (C=O) groups excluding carboxylic acids is 2. The Morgan fingerprint density at radius 1 is 1.03 bits per heavy atom. The van der Waals surface area contributed by atoms with E-state index in [0.717, 1.165) is 43.1 Å². The maximum Gasteiger partial charge on any atom is 0.281 e. The molecule has 1 aliphatic rings. The van der Waals surface area contributed by atoms with E-state index in [4.69, 9.17) is 23.2 Å². The standard InChI is InChI=1S/C23H23Cl2N5O3S2/c1-13(15-12-34-21(20(15)31)14-3-4-16(24)17(25)11-14)26-27-22(32)18-5-6-19(35-18)23(33)28-30-9-7-29(2)8-10-30/h3-6,11-12,31H,7-10H2,1-2H3,(H,27,32)(H,28,33)/b26-13+. The Labute approximate surface area is 220 Å². The van der Waals surface area contributed by atoms with Crippen LogP contribution in [0.1, 0.15) is 31.8 Å². The van der Waals surface area contributed by atoms with Crippen LogP contribution in [0.2, 0.25) is 10.0 Å². The van der Waals surface area contributed by atoms with Gasteiger partial charge < -0.3 is 10.0 Å². The van der Waals surface area contributed by atoms with E-state index in [9.17, 15) is 14.7 Å².